The topological polar surface area (TPSA) is 70.1 Å². The molecular formula is C22H27F4N5O. The first-order valence-corrected chi connectivity index (χ1v) is 10.5. The maximum absolute atomic E-state index is 13.7. The van der Waals surface area contributed by atoms with Gasteiger partial charge in [0.05, 0.1) is 5.56 Å². The Labute approximate surface area is 184 Å². The summed E-state index contributed by atoms with van der Waals surface area (Å²) in [5, 5.41) is 6.08. The van der Waals surface area contributed by atoms with Crippen molar-refractivity contribution in [2.24, 2.45) is 5.92 Å². The molecule has 2 aromatic rings. The molecule has 3 rings (SSSR count). The van der Waals surface area contributed by atoms with E-state index in [0.717, 1.165) is 43.1 Å². The van der Waals surface area contributed by atoms with Crippen LogP contribution in [0.25, 0.3) is 0 Å². The van der Waals surface area contributed by atoms with Crippen LogP contribution < -0.4 is 15.5 Å². The standard InChI is InChI=1S/C22H27F4N5O/c1-13-11-28-21(30-19(13)31(2)3)29-16-7-4-14(5-8-16)12-27-20(32)15-6-9-17(18(23)10-15)22(24,25)26/h6,9-11,14,16H,4-5,7-8,12H2,1-3H3,(H,27,32)(H,28,29,30). The zero-order valence-corrected chi connectivity index (χ0v) is 18.3. The number of rotatable bonds is 6. The number of aromatic nitrogens is 2. The van der Waals surface area contributed by atoms with Crippen molar-refractivity contribution in [3.05, 3.63) is 46.9 Å². The van der Waals surface area contributed by atoms with Crippen LogP contribution in [0.5, 0.6) is 0 Å². The molecule has 1 aromatic carbocycles. The second kappa shape index (κ2) is 9.70. The van der Waals surface area contributed by atoms with Crippen LogP contribution in [-0.4, -0.2) is 42.6 Å². The molecule has 1 aliphatic rings. The van der Waals surface area contributed by atoms with Crippen molar-refractivity contribution in [1.29, 1.82) is 0 Å². The molecule has 174 valence electrons. The van der Waals surface area contributed by atoms with Gasteiger partial charge in [-0.25, -0.2) is 9.37 Å². The molecule has 0 spiro atoms. The van der Waals surface area contributed by atoms with Crippen molar-refractivity contribution < 1.29 is 22.4 Å². The first-order chi connectivity index (χ1) is 15.0. The molecule has 0 aliphatic heterocycles. The summed E-state index contributed by atoms with van der Waals surface area (Å²) in [5.41, 5.74) is -0.512. The van der Waals surface area contributed by atoms with Crippen molar-refractivity contribution in [1.82, 2.24) is 15.3 Å². The number of aryl methyl sites for hydroxylation is 1. The summed E-state index contributed by atoms with van der Waals surface area (Å²) >= 11 is 0. The van der Waals surface area contributed by atoms with Gasteiger partial charge in [-0.1, -0.05) is 0 Å². The summed E-state index contributed by atoms with van der Waals surface area (Å²) in [5.74, 6) is -0.346. The maximum atomic E-state index is 13.7. The van der Waals surface area contributed by atoms with Gasteiger partial charge >= 0.3 is 6.18 Å². The van der Waals surface area contributed by atoms with Crippen LogP contribution in [0.2, 0.25) is 0 Å². The number of nitrogens with one attached hydrogen (secondary N) is 2. The molecule has 1 saturated carbocycles. The minimum Gasteiger partial charge on any atom is -0.362 e. The molecule has 6 nitrogen and oxygen atoms in total. The predicted octanol–water partition coefficient (Wildman–Crippen LogP) is 4.41. The summed E-state index contributed by atoms with van der Waals surface area (Å²) in [6.07, 6.45) is 0.491. The third kappa shape index (κ3) is 5.86. The second-order valence-electron chi connectivity index (χ2n) is 8.36. The van der Waals surface area contributed by atoms with Crippen LogP contribution >= 0.6 is 0 Å². The fourth-order valence-corrected chi connectivity index (χ4v) is 3.87. The molecule has 1 amide bonds. The van der Waals surface area contributed by atoms with E-state index < -0.39 is 23.5 Å². The fourth-order valence-electron chi connectivity index (χ4n) is 3.87. The number of hydrogen-bond acceptors (Lipinski definition) is 5. The number of halogens is 4. The molecule has 1 aliphatic carbocycles. The molecule has 0 bridgehead atoms. The Kier molecular flexibility index (Phi) is 7.20. The highest BCUT2D eigenvalue weighted by molar-refractivity contribution is 5.94. The summed E-state index contributed by atoms with van der Waals surface area (Å²) in [4.78, 5) is 23.1. The third-order valence-electron chi connectivity index (χ3n) is 5.64. The van der Waals surface area contributed by atoms with Crippen LogP contribution in [0.4, 0.5) is 29.3 Å². The molecule has 0 atom stereocenters. The van der Waals surface area contributed by atoms with Crippen molar-refractivity contribution in [3.8, 4) is 0 Å². The summed E-state index contributed by atoms with van der Waals surface area (Å²) in [7, 11) is 3.86. The molecule has 10 heteroatoms. The number of amides is 1. The largest absolute Gasteiger partial charge is 0.419 e. The zero-order chi connectivity index (χ0) is 23.5. The number of benzene rings is 1. The SMILES string of the molecule is Cc1cnc(NC2CCC(CNC(=O)c3ccc(C(F)(F)F)c(F)c3)CC2)nc1N(C)C. The van der Waals surface area contributed by atoms with Gasteiger partial charge in [-0.05, 0) is 56.7 Å². The van der Waals surface area contributed by atoms with Gasteiger partial charge in [-0.3, -0.25) is 4.79 Å². The molecule has 0 radical (unpaired) electrons. The molecule has 0 saturated heterocycles. The van der Waals surface area contributed by atoms with E-state index in [1.165, 1.54) is 0 Å². The Hall–Kier alpha value is -2.91. The molecular weight excluding hydrogens is 426 g/mol. The summed E-state index contributed by atoms with van der Waals surface area (Å²) in [6, 6.07) is 2.44. The fraction of sp³-hybridized carbons (Fsp3) is 0.500. The Balaban J connectivity index is 1.48. The maximum Gasteiger partial charge on any atom is 0.419 e. The Morgan fingerprint density at radius 3 is 2.47 bits per heavy atom. The van der Waals surface area contributed by atoms with Gasteiger partial charge in [0, 0.05) is 44.0 Å². The zero-order valence-electron chi connectivity index (χ0n) is 18.3. The third-order valence-corrected chi connectivity index (χ3v) is 5.64. The highest BCUT2D eigenvalue weighted by Crippen LogP contribution is 2.31. The normalized spacial score (nSPS) is 18.8. The molecule has 1 aromatic heterocycles. The number of nitrogens with zero attached hydrogens (tertiary/aromatic N) is 3. The van der Waals surface area contributed by atoms with Gasteiger partial charge in [0.2, 0.25) is 5.95 Å². The van der Waals surface area contributed by atoms with E-state index in [4.69, 9.17) is 0 Å². The Bertz CT molecular complexity index is 956. The molecule has 1 fully saturated rings. The molecule has 32 heavy (non-hydrogen) atoms. The quantitative estimate of drug-likeness (QED) is 0.634. The highest BCUT2D eigenvalue weighted by atomic mass is 19.4. The van der Waals surface area contributed by atoms with Crippen LogP contribution in [0.15, 0.2) is 24.4 Å². The average molecular weight is 453 g/mol. The smallest absolute Gasteiger partial charge is 0.362 e. The van der Waals surface area contributed by atoms with E-state index in [0.29, 0.717) is 24.6 Å². The van der Waals surface area contributed by atoms with Crippen LogP contribution in [0, 0.1) is 18.7 Å². The van der Waals surface area contributed by atoms with E-state index in [2.05, 4.69) is 20.6 Å². The average Bonchev–Trinajstić information content (AvgIpc) is 2.73. The minimum absolute atomic E-state index is 0.126. The van der Waals surface area contributed by atoms with Gasteiger partial charge in [-0.15, -0.1) is 0 Å². The number of alkyl halides is 3. The lowest BCUT2D eigenvalue weighted by Gasteiger charge is -2.29. The van der Waals surface area contributed by atoms with Crippen LogP contribution in [-0.2, 0) is 6.18 Å². The van der Waals surface area contributed by atoms with Gasteiger partial charge in [0.1, 0.15) is 11.6 Å². The summed E-state index contributed by atoms with van der Waals surface area (Å²) < 4.78 is 51.7. The first-order valence-electron chi connectivity index (χ1n) is 10.5. The van der Waals surface area contributed by atoms with E-state index in [-0.39, 0.29) is 17.5 Å². The molecule has 0 unspecified atom stereocenters. The van der Waals surface area contributed by atoms with Gasteiger partial charge in [0.15, 0.2) is 0 Å². The van der Waals surface area contributed by atoms with Crippen LogP contribution in [0.3, 0.4) is 0 Å². The lowest BCUT2D eigenvalue weighted by molar-refractivity contribution is -0.140. The Morgan fingerprint density at radius 1 is 1.19 bits per heavy atom. The van der Waals surface area contributed by atoms with Crippen molar-refractivity contribution in [3.63, 3.8) is 0 Å². The Morgan fingerprint density at radius 2 is 1.88 bits per heavy atom. The van der Waals surface area contributed by atoms with E-state index in [9.17, 15) is 22.4 Å². The minimum atomic E-state index is -4.79. The van der Waals surface area contributed by atoms with Crippen molar-refractivity contribution in [2.45, 2.75) is 44.8 Å². The summed E-state index contributed by atoms with van der Waals surface area (Å²) in [6.45, 7) is 2.34. The highest BCUT2D eigenvalue weighted by Gasteiger charge is 2.34. The monoisotopic (exact) mass is 453 g/mol. The number of hydrogen-bond donors (Lipinski definition) is 2. The first kappa shape index (κ1) is 23.7. The van der Waals surface area contributed by atoms with Crippen molar-refractivity contribution in [2.75, 3.05) is 30.9 Å². The van der Waals surface area contributed by atoms with E-state index >= 15 is 0 Å². The second-order valence-corrected chi connectivity index (χ2v) is 8.36. The van der Waals surface area contributed by atoms with E-state index in [1.807, 2.05) is 25.9 Å². The number of carbonyl (C=O) groups is 1. The number of anilines is 2. The van der Waals surface area contributed by atoms with E-state index in [1.54, 1.807) is 6.20 Å². The predicted molar refractivity (Wildman–Crippen MR) is 114 cm³/mol. The lowest BCUT2D eigenvalue weighted by atomic mass is 9.86. The van der Waals surface area contributed by atoms with Crippen LogP contribution in [0.1, 0.15) is 47.2 Å². The molecule has 1 heterocycles. The lowest BCUT2D eigenvalue weighted by Crippen LogP contribution is -2.34. The van der Waals surface area contributed by atoms with Gasteiger partial charge in [-0.2, -0.15) is 18.2 Å². The molecule has 2 N–H and O–H groups in total. The number of carbonyl (C=O) groups excluding carboxylic acids is 1. The van der Waals surface area contributed by atoms with Gasteiger partial charge < -0.3 is 15.5 Å². The van der Waals surface area contributed by atoms with Crippen molar-refractivity contribution >= 4 is 17.7 Å². The van der Waals surface area contributed by atoms with Gasteiger partial charge in [0.25, 0.3) is 5.91 Å².